The number of hydrogen-bond donors (Lipinski definition) is 1. The zero-order chi connectivity index (χ0) is 13.1. The Bertz CT molecular complexity index is 537. The molecule has 2 aromatic rings. The summed E-state index contributed by atoms with van der Waals surface area (Å²) in [7, 11) is 0. The van der Waals surface area contributed by atoms with Crippen LogP contribution in [0.3, 0.4) is 0 Å². The molecule has 0 aliphatic carbocycles. The smallest absolute Gasteiger partial charge is 0.135 e. The van der Waals surface area contributed by atoms with Gasteiger partial charge in [0.15, 0.2) is 0 Å². The molecule has 0 amide bonds. The van der Waals surface area contributed by atoms with E-state index in [1.54, 1.807) is 17.4 Å². The van der Waals surface area contributed by atoms with Crippen molar-refractivity contribution in [1.82, 2.24) is 9.97 Å². The summed E-state index contributed by atoms with van der Waals surface area (Å²) < 4.78 is 0. The van der Waals surface area contributed by atoms with E-state index in [4.69, 9.17) is 11.6 Å². The second kappa shape index (κ2) is 5.67. The van der Waals surface area contributed by atoms with E-state index in [0.29, 0.717) is 5.15 Å². The van der Waals surface area contributed by atoms with Crippen molar-refractivity contribution < 1.29 is 0 Å². The van der Waals surface area contributed by atoms with Crippen molar-refractivity contribution in [3.8, 4) is 0 Å². The molecule has 0 aromatic carbocycles. The third kappa shape index (κ3) is 3.43. The first-order chi connectivity index (χ1) is 8.54. The fraction of sp³-hybridized carbons (Fsp3) is 0.385. The number of thiophene rings is 1. The fourth-order valence-corrected chi connectivity index (χ4v) is 2.56. The van der Waals surface area contributed by atoms with Crippen LogP contribution in [0.15, 0.2) is 18.2 Å². The van der Waals surface area contributed by atoms with Crippen molar-refractivity contribution in [3.63, 3.8) is 0 Å². The zero-order valence-electron chi connectivity index (χ0n) is 10.7. The van der Waals surface area contributed by atoms with E-state index in [1.807, 2.05) is 0 Å². The van der Waals surface area contributed by atoms with Crippen LogP contribution in [0.2, 0.25) is 5.15 Å². The highest BCUT2D eigenvalue weighted by Gasteiger charge is 2.07. The van der Waals surface area contributed by atoms with Crippen molar-refractivity contribution in [2.24, 2.45) is 0 Å². The molecule has 3 nitrogen and oxygen atoms in total. The van der Waals surface area contributed by atoms with Crippen LogP contribution in [0.25, 0.3) is 0 Å². The topological polar surface area (TPSA) is 37.8 Å². The lowest BCUT2D eigenvalue weighted by molar-refractivity contribution is 0.774. The second-order valence-corrected chi connectivity index (χ2v) is 6.21. The summed E-state index contributed by atoms with van der Waals surface area (Å²) >= 11 is 7.77. The first kappa shape index (κ1) is 13.3. The quantitative estimate of drug-likeness (QED) is 0.852. The van der Waals surface area contributed by atoms with Crippen molar-refractivity contribution in [3.05, 3.63) is 38.9 Å². The van der Waals surface area contributed by atoms with E-state index in [2.05, 4.69) is 48.2 Å². The van der Waals surface area contributed by atoms with Crippen molar-refractivity contribution >= 4 is 28.8 Å². The van der Waals surface area contributed by atoms with Crippen LogP contribution in [0, 0.1) is 6.92 Å². The van der Waals surface area contributed by atoms with Crippen LogP contribution in [0.5, 0.6) is 0 Å². The first-order valence-corrected chi connectivity index (χ1v) is 7.07. The molecule has 0 atom stereocenters. The molecule has 0 aliphatic heterocycles. The van der Waals surface area contributed by atoms with Gasteiger partial charge in [-0.05, 0) is 19.1 Å². The van der Waals surface area contributed by atoms with Gasteiger partial charge in [-0.3, -0.25) is 0 Å². The molecule has 5 heteroatoms. The molecule has 2 aromatic heterocycles. The number of aryl methyl sites for hydroxylation is 1. The third-order valence-corrected chi connectivity index (χ3v) is 3.66. The van der Waals surface area contributed by atoms with Gasteiger partial charge in [-0.15, -0.1) is 11.3 Å². The summed E-state index contributed by atoms with van der Waals surface area (Å²) in [5.41, 5.74) is 0. The number of anilines is 1. The van der Waals surface area contributed by atoms with Gasteiger partial charge in [0.2, 0.25) is 0 Å². The standard InChI is InChI=1S/C13H16ClN3S/c1-8(2)13-16-11(14)6-12(17-13)15-7-10-5-4-9(3)18-10/h4-6,8H,7H2,1-3H3,(H,15,16,17). The van der Waals surface area contributed by atoms with E-state index >= 15 is 0 Å². The Balaban J connectivity index is 2.09. The number of nitrogens with zero attached hydrogens (tertiary/aromatic N) is 2. The molecular formula is C13H16ClN3S. The van der Waals surface area contributed by atoms with E-state index in [0.717, 1.165) is 18.2 Å². The monoisotopic (exact) mass is 281 g/mol. The van der Waals surface area contributed by atoms with Crippen molar-refractivity contribution in [2.75, 3.05) is 5.32 Å². The summed E-state index contributed by atoms with van der Waals surface area (Å²) in [5, 5.41) is 3.77. The van der Waals surface area contributed by atoms with Gasteiger partial charge >= 0.3 is 0 Å². The van der Waals surface area contributed by atoms with Crippen LogP contribution >= 0.6 is 22.9 Å². The average Bonchev–Trinajstić information content (AvgIpc) is 2.72. The average molecular weight is 282 g/mol. The minimum atomic E-state index is 0.272. The number of aromatic nitrogens is 2. The van der Waals surface area contributed by atoms with E-state index in [9.17, 15) is 0 Å². The van der Waals surface area contributed by atoms with Crippen LogP contribution in [0.1, 0.15) is 35.3 Å². The summed E-state index contributed by atoms with van der Waals surface area (Å²) in [6.07, 6.45) is 0. The summed E-state index contributed by atoms with van der Waals surface area (Å²) in [4.78, 5) is 11.3. The summed E-state index contributed by atoms with van der Waals surface area (Å²) in [5.74, 6) is 1.82. The molecule has 2 heterocycles. The number of halogens is 1. The maximum atomic E-state index is 5.99. The molecule has 0 radical (unpaired) electrons. The predicted molar refractivity (Wildman–Crippen MR) is 77.5 cm³/mol. The Hall–Kier alpha value is -1.13. The van der Waals surface area contributed by atoms with Crippen LogP contribution in [-0.4, -0.2) is 9.97 Å². The SMILES string of the molecule is Cc1ccc(CNc2cc(Cl)nc(C(C)C)n2)s1. The maximum absolute atomic E-state index is 5.99. The summed E-state index contributed by atoms with van der Waals surface area (Å²) in [6, 6.07) is 6.00. The zero-order valence-corrected chi connectivity index (χ0v) is 12.3. The first-order valence-electron chi connectivity index (χ1n) is 5.88. The Morgan fingerprint density at radius 2 is 2.11 bits per heavy atom. The molecule has 0 saturated carbocycles. The molecule has 96 valence electrons. The van der Waals surface area contributed by atoms with Gasteiger partial charge in [0.05, 0.1) is 6.54 Å². The van der Waals surface area contributed by atoms with Gasteiger partial charge in [0.1, 0.15) is 16.8 Å². The minimum absolute atomic E-state index is 0.272. The highest BCUT2D eigenvalue weighted by atomic mass is 35.5. The molecule has 0 aliphatic rings. The van der Waals surface area contributed by atoms with Crippen molar-refractivity contribution in [2.45, 2.75) is 33.2 Å². The second-order valence-electron chi connectivity index (χ2n) is 4.45. The Morgan fingerprint density at radius 3 is 2.72 bits per heavy atom. The molecule has 2 rings (SSSR count). The highest BCUT2D eigenvalue weighted by Crippen LogP contribution is 2.19. The number of nitrogens with one attached hydrogen (secondary N) is 1. The molecule has 0 spiro atoms. The maximum Gasteiger partial charge on any atom is 0.135 e. The molecule has 1 N–H and O–H groups in total. The molecule has 0 saturated heterocycles. The van der Waals surface area contributed by atoms with Crippen LogP contribution in [-0.2, 0) is 6.54 Å². The lowest BCUT2D eigenvalue weighted by Crippen LogP contribution is -2.04. The van der Waals surface area contributed by atoms with Crippen LogP contribution < -0.4 is 5.32 Å². The predicted octanol–water partition coefficient (Wildman–Crippen LogP) is 4.24. The Morgan fingerprint density at radius 1 is 1.33 bits per heavy atom. The lowest BCUT2D eigenvalue weighted by atomic mass is 10.2. The highest BCUT2D eigenvalue weighted by molar-refractivity contribution is 7.11. The lowest BCUT2D eigenvalue weighted by Gasteiger charge is -2.08. The van der Waals surface area contributed by atoms with Gasteiger partial charge in [-0.25, -0.2) is 9.97 Å². The van der Waals surface area contributed by atoms with Gasteiger partial charge < -0.3 is 5.32 Å². The largest absolute Gasteiger partial charge is 0.365 e. The van der Waals surface area contributed by atoms with Gasteiger partial charge in [0.25, 0.3) is 0 Å². The third-order valence-electron chi connectivity index (χ3n) is 2.47. The van der Waals surface area contributed by atoms with Gasteiger partial charge in [0, 0.05) is 21.7 Å². The van der Waals surface area contributed by atoms with E-state index in [1.165, 1.54) is 9.75 Å². The molecular weight excluding hydrogens is 266 g/mol. The molecule has 0 unspecified atom stereocenters. The molecule has 0 fully saturated rings. The summed E-state index contributed by atoms with van der Waals surface area (Å²) in [6.45, 7) is 6.98. The number of rotatable bonds is 4. The minimum Gasteiger partial charge on any atom is -0.365 e. The van der Waals surface area contributed by atoms with Gasteiger partial charge in [-0.2, -0.15) is 0 Å². The molecule has 0 bridgehead atoms. The van der Waals surface area contributed by atoms with E-state index < -0.39 is 0 Å². The van der Waals surface area contributed by atoms with Crippen LogP contribution in [0.4, 0.5) is 5.82 Å². The van der Waals surface area contributed by atoms with E-state index in [-0.39, 0.29) is 5.92 Å². The van der Waals surface area contributed by atoms with Crippen molar-refractivity contribution in [1.29, 1.82) is 0 Å². The Labute approximate surface area is 116 Å². The van der Waals surface area contributed by atoms with Gasteiger partial charge in [-0.1, -0.05) is 25.4 Å². The number of hydrogen-bond acceptors (Lipinski definition) is 4. The Kier molecular flexibility index (Phi) is 4.19. The fourth-order valence-electron chi connectivity index (χ4n) is 1.54. The molecule has 18 heavy (non-hydrogen) atoms. The normalized spacial score (nSPS) is 10.9.